The second kappa shape index (κ2) is 4.19. The van der Waals surface area contributed by atoms with E-state index in [1.165, 1.54) is 0 Å². The molecule has 0 saturated carbocycles. The van der Waals surface area contributed by atoms with Gasteiger partial charge < -0.3 is 5.73 Å². The number of hydrogen-bond acceptors (Lipinski definition) is 2. The maximum absolute atomic E-state index is 13.5. The van der Waals surface area contributed by atoms with E-state index in [-0.39, 0.29) is 18.1 Å². The molecule has 2 N–H and O–H groups in total. The van der Waals surface area contributed by atoms with Crippen molar-refractivity contribution in [3.63, 3.8) is 0 Å². The Hall–Kier alpha value is -0.740. The average molecular weight is 260 g/mol. The molecule has 1 aromatic rings. The molecular formula is C10H11BrFNO. The molecule has 0 heterocycles. The lowest BCUT2D eigenvalue weighted by Crippen LogP contribution is -2.15. The van der Waals surface area contributed by atoms with Crippen molar-refractivity contribution < 1.29 is 9.18 Å². The Kier molecular flexibility index (Phi) is 3.39. The molecule has 2 nitrogen and oxygen atoms in total. The van der Waals surface area contributed by atoms with Crippen molar-refractivity contribution in [3.8, 4) is 0 Å². The first-order chi connectivity index (χ1) is 6.49. The largest absolute Gasteiger partial charge is 0.324 e. The predicted molar refractivity (Wildman–Crippen MR) is 57.0 cm³/mol. The molecule has 0 fully saturated rings. The molecule has 0 aliphatic rings. The van der Waals surface area contributed by atoms with Crippen LogP contribution in [0, 0.1) is 19.7 Å². The normalized spacial score (nSPS) is 10.4. The fourth-order valence-corrected chi connectivity index (χ4v) is 1.66. The molecule has 4 heteroatoms. The molecular weight excluding hydrogens is 249 g/mol. The number of carbonyl (C=O) groups excluding carboxylic acids is 1. The van der Waals surface area contributed by atoms with Gasteiger partial charge in [-0.25, -0.2) is 4.39 Å². The van der Waals surface area contributed by atoms with Gasteiger partial charge in [-0.15, -0.1) is 0 Å². The standard InChI is InChI=1S/C10H11BrFNO/c1-5-3-7(8(14)4-13)6(2)10(12)9(5)11/h3H,4,13H2,1-2H3. The quantitative estimate of drug-likeness (QED) is 0.829. The molecule has 76 valence electrons. The van der Waals surface area contributed by atoms with Crippen LogP contribution in [0.1, 0.15) is 21.5 Å². The molecule has 0 radical (unpaired) electrons. The molecule has 0 aliphatic carbocycles. The van der Waals surface area contributed by atoms with Crippen LogP contribution in [0.4, 0.5) is 4.39 Å². The van der Waals surface area contributed by atoms with Gasteiger partial charge in [0, 0.05) is 5.56 Å². The fraction of sp³-hybridized carbons (Fsp3) is 0.300. The molecule has 14 heavy (non-hydrogen) atoms. The van der Waals surface area contributed by atoms with Gasteiger partial charge in [-0.05, 0) is 47.0 Å². The first-order valence-electron chi connectivity index (χ1n) is 4.17. The van der Waals surface area contributed by atoms with Crippen molar-refractivity contribution >= 4 is 21.7 Å². The number of benzene rings is 1. The summed E-state index contributed by atoms with van der Waals surface area (Å²) >= 11 is 3.12. The monoisotopic (exact) mass is 259 g/mol. The summed E-state index contributed by atoms with van der Waals surface area (Å²) < 4.78 is 13.9. The lowest BCUT2D eigenvalue weighted by molar-refractivity contribution is 0.1000. The fourth-order valence-electron chi connectivity index (χ4n) is 1.24. The maximum atomic E-state index is 13.5. The molecule has 0 bridgehead atoms. The van der Waals surface area contributed by atoms with E-state index in [9.17, 15) is 9.18 Å². The average Bonchev–Trinajstić information content (AvgIpc) is 2.19. The van der Waals surface area contributed by atoms with Crippen molar-refractivity contribution in [2.24, 2.45) is 5.73 Å². The maximum Gasteiger partial charge on any atom is 0.176 e. The van der Waals surface area contributed by atoms with Gasteiger partial charge in [0.2, 0.25) is 0 Å². The molecule has 1 aromatic carbocycles. The molecule has 0 unspecified atom stereocenters. The Labute approximate surface area is 90.4 Å². The molecule has 0 amide bonds. The van der Waals surface area contributed by atoms with Gasteiger partial charge in [-0.2, -0.15) is 0 Å². The zero-order chi connectivity index (χ0) is 10.9. The minimum absolute atomic E-state index is 0.0959. The third-order valence-electron chi connectivity index (χ3n) is 2.12. The Balaban J connectivity index is 3.40. The van der Waals surface area contributed by atoms with Crippen molar-refractivity contribution in [1.29, 1.82) is 0 Å². The summed E-state index contributed by atoms with van der Waals surface area (Å²) in [4.78, 5) is 11.3. The van der Waals surface area contributed by atoms with E-state index in [0.29, 0.717) is 21.2 Å². The summed E-state index contributed by atoms with van der Waals surface area (Å²) in [6.07, 6.45) is 0. The van der Waals surface area contributed by atoms with Crippen LogP contribution in [-0.2, 0) is 0 Å². The number of Topliss-reactive ketones (excluding diaryl/α,β-unsaturated/α-hetero) is 1. The van der Waals surface area contributed by atoms with Gasteiger partial charge >= 0.3 is 0 Å². The van der Waals surface area contributed by atoms with Crippen LogP contribution in [0.25, 0.3) is 0 Å². The molecule has 0 aromatic heterocycles. The van der Waals surface area contributed by atoms with E-state index >= 15 is 0 Å². The predicted octanol–water partition coefficient (Wildman–Crippen LogP) is 2.35. The van der Waals surface area contributed by atoms with Crippen molar-refractivity contribution in [2.75, 3.05) is 6.54 Å². The number of halogens is 2. The summed E-state index contributed by atoms with van der Waals surface area (Å²) in [7, 11) is 0. The van der Waals surface area contributed by atoms with Crippen LogP contribution in [0.2, 0.25) is 0 Å². The van der Waals surface area contributed by atoms with Crippen LogP contribution in [0.15, 0.2) is 10.5 Å². The van der Waals surface area contributed by atoms with Gasteiger partial charge in [0.05, 0.1) is 11.0 Å². The minimum atomic E-state index is -0.387. The second-order valence-electron chi connectivity index (χ2n) is 3.12. The van der Waals surface area contributed by atoms with Crippen LogP contribution in [0.3, 0.4) is 0 Å². The Bertz CT molecular complexity index is 390. The summed E-state index contributed by atoms with van der Waals surface area (Å²) in [5.74, 6) is -0.626. The topological polar surface area (TPSA) is 43.1 Å². The van der Waals surface area contributed by atoms with E-state index in [0.717, 1.165) is 0 Å². The summed E-state index contributed by atoms with van der Waals surface area (Å²) in [6, 6.07) is 1.65. The number of aryl methyl sites for hydroxylation is 1. The zero-order valence-corrected chi connectivity index (χ0v) is 9.61. The number of carbonyl (C=O) groups is 1. The van der Waals surface area contributed by atoms with Gasteiger partial charge in [0.1, 0.15) is 5.82 Å². The van der Waals surface area contributed by atoms with Crippen LogP contribution < -0.4 is 5.73 Å². The Morgan fingerprint density at radius 2 is 2.14 bits per heavy atom. The second-order valence-corrected chi connectivity index (χ2v) is 3.91. The van der Waals surface area contributed by atoms with Crippen molar-refractivity contribution in [1.82, 2.24) is 0 Å². The number of hydrogen-bond donors (Lipinski definition) is 1. The number of nitrogens with two attached hydrogens (primary N) is 1. The molecule has 1 rings (SSSR count). The van der Waals surface area contributed by atoms with Gasteiger partial charge in [0.15, 0.2) is 5.78 Å². The Morgan fingerprint density at radius 3 is 2.64 bits per heavy atom. The van der Waals surface area contributed by atoms with Crippen LogP contribution in [0.5, 0.6) is 0 Å². The number of ketones is 1. The summed E-state index contributed by atoms with van der Waals surface area (Å²) in [6.45, 7) is 3.21. The zero-order valence-electron chi connectivity index (χ0n) is 8.03. The third kappa shape index (κ3) is 1.86. The van der Waals surface area contributed by atoms with E-state index in [1.807, 2.05) is 0 Å². The smallest absolute Gasteiger partial charge is 0.176 e. The highest BCUT2D eigenvalue weighted by Gasteiger charge is 2.15. The number of rotatable bonds is 2. The highest BCUT2D eigenvalue weighted by atomic mass is 79.9. The highest BCUT2D eigenvalue weighted by molar-refractivity contribution is 9.10. The lowest BCUT2D eigenvalue weighted by Gasteiger charge is -2.08. The summed E-state index contributed by atoms with van der Waals surface area (Å²) in [5, 5.41) is 0. The van der Waals surface area contributed by atoms with E-state index < -0.39 is 0 Å². The van der Waals surface area contributed by atoms with Crippen molar-refractivity contribution in [3.05, 3.63) is 33.0 Å². The van der Waals surface area contributed by atoms with E-state index in [1.54, 1.807) is 19.9 Å². The third-order valence-corrected chi connectivity index (χ3v) is 3.09. The molecule has 0 atom stereocenters. The Morgan fingerprint density at radius 1 is 1.57 bits per heavy atom. The van der Waals surface area contributed by atoms with Gasteiger partial charge in [-0.3, -0.25) is 4.79 Å². The molecule has 0 aliphatic heterocycles. The first-order valence-corrected chi connectivity index (χ1v) is 4.96. The first kappa shape index (κ1) is 11.3. The SMILES string of the molecule is Cc1cc(C(=O)CN)c(C)c(F)c1Br. The molecule has 0 saturated heterocycles. The minimum Gasteiger partial charge on any atom is -0.324 e. The summed E-state index contributed by atoms with van der Waals surface area (Å²) in [5.41, 5.74) is 6.64. The highest BCUT2D eigenvalue weighted by Crippen LogP contribution is 2.25. The van der Waals surface area contributed by atoms with Crippen LogP contribution >= 0.6 is 15.9 Å². The van der Waals surface area contributed by atoms with E-state index in [4.69, 9.17) is 5.73 Å². The lowest BCUT2D eigenvalue weighted by atomic mass is 10.0. The van der Waals surface area contributed by atoms with E-state index in [2.05, 4.69) is 15.9 Å². The van der Waals surface area contributed by atoms with Gasteiger partial charge in [0.25, 0.3) is 0 Å². The van der Waals surface area contributed by atoms with Crippen molar-refractivity contribution in [2.45, 2.75) is 13.8 Å². The van der Waals surface area contributed by atoms with Gasteiger partial charge in [-0.1, -0.05) is 0 Å². The molecule has 0 spiro atoms. The van der Waals surface area contributed by atoms with Crippen LogP contribution in [-0.4, -0.2) is 12.3 Å².